The molecule has 0 saturated heterocycles. The van der Waals surface area contributed by atoms with Gasteiger partial charge in [0.15, 0.2) is 0 Å². The van der Waals surface area contributed by atoms with Gasteiger partial charge in [-0.2, -0.15) is 0 Å². The molecule has 0 aromatic carbocycles. The maximum absolute atomic E-state index is 8.27. The SMILES string of the molecule is CC[CH2][Sn][CH2]O. The summed E-state index contributed by atoms with van der Waals surface area (Å²) in [6.07, 6.45) is 1.27. The van der Waals surface area contributed by atoms with Crippen molar-refractivity contribution in [2.75, 3.05) is 4.62 Å². The monoisotopic (exact) mass is 194 g/mol. The molecule has 0 heterocycles. The van der Waals surface area contributed by atoms with Crippen molar-refractivity contribution in [3.8, 4) is 0 Å². The number of rotatable bonds is 3. The first kappa shape index (κ1) is 6.76. The molecule has 0 amide bonds. The average Bonchev–Trinajstić information content (AvgIpc) is 1.61. The van der Waals surface area contributed by atoms with Crippen LogP contribution >= 0.6 is 0 Å². The van der Waals surface area contributed by atoms with Crippen molar-refractivity contribution in [3.05, 3.63) is 0 Å². The van der Waals surface area contributed by atoms with Gasteiger partial charge in [0.05, 0.1) is 0 Å². The van der Waals surface area contributed by atoms with E-state index in [-0.39, 0.29) is 21.1 Å². The molecule has 0 spiro atoms. The molecule has 0 aliphatic carbocycles. The minimum atomic E-state index is -0.245. The van der Waals surface area contributed by atoms with Crippen molar-refractivity contribution in [3.63, 3.8) is 0 Å². The fourth-order valence-corrected chi connectivity index (χ4v) is 1.72. The van der Waals surface area contributed by atoms with Gasteiger partial charge < -0.3 is 0 Å². The molecule has 2 heteroatoms. The van der Waals surface area contributed by atoms with E-state index < -0.39 is 0 Å². The standard InChI is InChI=1S/C3H7.CH3O.Sn/c1-3-2;1-2;/h1,3H2,2H3;2H,1H2;. The third kappa shape index (κ3) is 4.76. The van der Waals surface area contributed by atoms with Crippen LogP contribution in [0.3, 0.4) is 0 Å². The summed E-state index contributed by atoms with van der Waals surface area (Å²) in [5.41, 5.74) is 0. The van der Waals surface area contributed by atoms with E-state index in [1.165, 1.54) is 10.9 Å². The van der Waals surface area contributed by atoms with Gasteiger partial charge in [-0.3, -0.25) is 0 Å². The van der Waals surface area contributed by atoms with Crippen LogP contribution in [-0.2, 0) is 0 Å². The van der Waals surface area contributed by atoms with Gasteiger partial charge in [-0.15, -0.1) is 0 Å². The first-order valence-electron chi connectivity index (χ1n) is 2.23. The van der Waals surface area contributed by atoms with Crippen LogP contribution in [0.5, 0.6) is 0 Å². The second-order valence-electron chi connectivity index (χ2n) is 1.16. The summed E-state index contributed by atoms with van der Waals surface area (Å²) in [7, 11) is 0. The van der Waals surface area contributed by atoms with E-state index in [0.717, 1.165) is 0 Å². The van der Waals surface area contributed by atoms with Gasteiger partial charge in [-0.05, 0) is 0 Å². The molecule has 0 rings (SSSR count). The topological polar surface area (TPSA) is 20.2 Å². The third-order valence-electron chi connectivity index (χ3n) is 0.539. The Balaban J connectivity index is 2.34. The molecule has 0 saturated carbocycles. The Kier molecular flexibility index (Phi) is 6.49. The molecule has 0 atom stereocenters. The van der Waals surface area contributed by atoms with Crippen molar-refractivity contribution < 1.29 is 5.11 Å². The quantitative estimate of drug-likeness (QED) is 0.510. The van der Waals surface area contributed by atoms with Gasteiger partial charge in [0.25, 0.3) is 0 Å². The summed E-state index contributed by atoms with van der Waals surface area (Å²) in [6.45, 7) is 2.16. The van der Waals surface area contributed by atoms with E-state index >= 15 is 0 Å². The first-order chi connectivity index (χ1) is 2.91. The van der Waals surface area contributed by atoms with Gasteiger partial charge in [0, 0.05) is 0 Å². The Hall–Kier alpha value is 0.759. The van der Waals surface area contributed by atoms with Crippen molar-refractivity contribution in [2.24, 2.45) is 0 Å². The molecule has 0 unspecified atom stereocenters. The van der Waals surface area contributed by atoms with Crippen LogP contribution in [0, 0.1) is 0 Å². The van der Waals surface area contributed by atoms with E-state index in [1.54, 1.807) is 0 Å². The predicted molar refractivity (Wildman–Crippen MR) is 27.9 cm³/mol. The predicted octanol–water partition coefficient (Wildman–Crippen LogP) is 0.469. The van der Waals surface area contributed by atoms with E-state index in [4.69, 9.17) is 5.11 Å². The fraction of sp³-hybridized carbons (Fsp3) is 1.00. The summed E-state index contributed by atoms with van der Waals surface area (Å²) in [6, 6.07) is 0. The number of hydrogen-bond donors (Lipinski definition) is 1. The number of aliphatic hydroxyl groups is 1. The molecule has 36 valence electrons. The molecular weight excluding hydrogens is 183 g/mol. The molecule has 0 aliphatic heterocycles. The molecule has 0 aliphatic rings. The van der Waals surface area contributed by atoms with Crippen LogP contribution in [0.25, 0.3) is 0 Å². The van der Waals surface area contributed by atoms with Crippen molar-refractivity contribution in [1.82, 2.24) is 0 Å². The van der Waals surface area contributed by atoms with Crippen LogP contribution in [0.4, 0.5) is 0 Å². The minimum absolute atomic E-state index is 0.245. The van der Waals surface area contributed by atoms with Gasteiger partial charge in [0.1, 0.15) is 0 Å². The van der Waals surface area contributed by atoms with Gasteiger partial charge in [-0.1, -0.05) is 0 Å². The Morgan fingerprint density at radius 2 is 2.33 bits per heavy atom. The maximum atomic E-state index is 8.27. The van der Waals surface area contributed by atoms with Gasteiger partial charge in [0.2, 0.25) is 0 Å². The summed E-state index contributed by atoms with van der Waals surface area (Å²) < 4.78 is 1.86. The molecule has 1 nitrogen and oxygen atoms in total. The normalized spacial score (nSPS) is 9.00. The number of aliphatic hydroxyl groups excluding tert-OH is 1. The average molecular weight is 193 g/mol. The van der Waals surface area contributed by atoms with Gasteiger partial charge >= 0.3 is 48.7 Å². The zero-order valence-electron chi connectivity index (χ0n) is 4.07. The van der Waals surface area contributed by atoms with E-state index in [1.807, 2.05) is 0 Å². The number of hydrogen-bond acceptors (Lipinski definition) is 1. The second kappa shape index (κ2) is 5.76. The molecule has 2 radical (unpaired) electrons. The van der Waals surface area contributed by atoms with Crippen LogP contribution in [0.15, 0.2) is 0 Å². The Bertz CT molecular complexity index is 19.5. The van der Waals surface area contributed by atoms with Crippen LogP contribution in [-0.4, -0.2) is 30.9 Å². The van der Waals surface area contributed by atoms with Crippen molar-refractivity contribution in [2.45, 2.75) is 17.8 Å². The second-order valence-corrected chi connectivity index (χ2v) is 4.91. The first-order valence-corrected chi connectivity index (χ1v) is 6.27. The summed E-state index contributed by atoms with van der Waals surface area (Å²) in [5.74, 6) is 0. The molecule has 0 aromatic heterocycles. The fourth-order valence-electron chi connectivity index (χ4n) is 0.256. The van der Waals surface area contributed by atoms with Crippen molar-refractivity contribution in [1.29, 1.82) is 0 Å². The summed E-state index contributed by atoms with van der Waals surface area (Å²) in [4.78, 5) is 0. The molecule has 1 N–H and O–H groups in total. The Labute approximate surface area is 49.0 Å². The van der Waals surface area contributed by atoms with Gasteiger partial charge in [-0.25, -0.2) is 0 Å². The molecule has 0 fully saturated rings. The van der Waals surface area contributed by atoms with E-state index in [0.29, 0.717) is 4.62 Å². The van der Waals surface area contributed by atoms with Crippen molar-refractivity contribution >= 4 is 21.1 Å². The zero-order chi connectivity index (χ0) is 4.83. The Morgan fingerprint density at radius 1 is 1.67 bits per heavy atom. The van der Waals surface area contributed by atoms with Crippen LogP contribution in [0.2, 0.25) is 4.44 Å². The Morgan fingerprint density at radius 3 is 2.50 bits per heavy atom. The van der Waals surface area contributed by atoms with Crippen LogP contribution < -0.4 is 0 Å². The van der Waals surface area contributed by atoms with E-state index in [9.17, 15) is 0 Å². The molecule has 6 heavy (non-hydrogen) atoms. The van der Waals surface area contributed by atoms with E-state index in [2.05, 4.69) is 6.92 Å². The zero-order valence-corrected chi connectivity index (χ0v) is 6.92. The van der Waals surface area contributed by atoms with Crippen LogP contribution in [0.1, 0.15) is 13.3 Å². The summed E-state index contributed by atoms with van der Waals surface area (Å²) >= 11 is -0.245. The third-order valence-corrected chi connectivity index (χ3v) is 3.61. The summed E-state index contributed by atoms with van der Waals surface area (Å²) in [5, 5.41) is 8.27. The molecular formula is C4H10OSn. The molecule has 0 bridgehead atoms. The molecule has 0 aromatic rings.